The monoisotopic (exact) mass is 809 g/mol. The second kappa shape index (κ2) is 22.8. The average Bonchev–Trinajstić information content (AvgIpc) is 3.68. The van der Waals surface area contributed by atoms with Crippen LogP contribution in [0.15, 0.2) is 42.5 Å². The molecule has 320 valence electrons. The van der Waals surface area contributed by atoms with Crippen LogP contribution in [0.2, 0.25) is 0 Å². The van der Waals surface area contributed by atoms with Crippen LogP contribution in [0.1, 0.15) is 85.0 Å². The van der Waals surface area contributed by atoms with Crippen LogP contribution in [0.25, 0.3) is 10.8 Å². The molecule has 4 rings (SSSR count). The van der Waals surface area contributed by atoms with Crippen molar-refractivity contribution < 1.29 is 43.3 Å². The molecule has 0 spiro atoms. The number of ether oxygens (including phenoxy) is 2. The molecule has 1 heterocycles. The number of alkyl carbamates (subject to hydrolysis) is 1. The van der Waals surface area contributed by atoms with Gasteiger partial charge in [-0.05, 0) is 75.8 Å². The number of carbonyl (C=O) groups is 6. The minimum atomic E-state index is -1.31. The van der Waals surface area contributed by atoms with E-state index in [9.17, 15) is 33.9 Å². The standard InChI is InChI=1S/C42H63N7O9/c1-27(2)38(48(4)40(54)33(20-10-11-22-43)46-36(52)26-57-34-21-12-15-29-14-8-9-19-32(29)34)39(53)44-24-35(51)47-37(28(3)50)41(55)49-23-13-18-31(49)25-58-42(56)45-30-16-6-5-7-17-30/h8-9,12,14-15,19,21,27-28,30-31,33,37-38,50H,5-7,10-11,13,16-18,20,22-26,43H2,1-4H3,(H,44,53)(H,45,56)(H,46,52)(H,47,51)/t28-,31+,33+,37+,38+/m1/s1. The number of hydrogen-bond donors (Lipinski definition) is 6. The number of aliphatic hydroxyl groups excluding tert-OH is 1. The summed E-state index contributed by atoms with van der Waals surface area (Å²) < 4.78 is 11.3. The van der Waals surface area contributed by atoms with E-state index >= 15 is 0 Å². The number of carbonyl (C=O) groups excluding carboxylic acids is 6. The Balaban J connectivity index is 1.31. The number of fused-ring (bicyclic) bond motifs is 1. The zero-order valence-corrected chi connectivity index (χ0v) is 34.4. The summed E-state index contributed by atoms with van der Waals surface area (Å²) in [5, 5.41) is 23.1. The van der Waals surface area contributed by atoms with Crippen molar-refractivity contribution in [2.45, 2.75) is 121 Å². The van der Waals surface area contributed by atoms with Crippen molar-refractivity contribution in [1.29, 1.82) is 0 Å². The molecule has 2 aliphatic rings. The number of rotatable bonds is 20. The molecule has 0 unspecified atom stereocenters. The third-order valence-corrected chi connectivity index (χ3v) is 10.8. The highest BCUT2D eigenvalue weighted by Crippen LogP contribution is 2.25. The predicted octanol–water partition coefficient (Wildman–Crippen LogP) is 2.35. The van der Waals surface area contributed by atoms with Crippen LogP contribution in [0.4, 0.5) is 4.79 Å². The number of unbranched alkanes of at least 4 members (excludes halogenated alkanes) is 1. The zero-order valence-electron chi connectivity index (χ0n) is 34.4. The molecule has 7 N–H and O–H groups in total. The number of nitrogens with zero attached hydrogens (tertiary/aromatic N) is 2. The van der Waals surface area contributed by atoms with Gasteiger partial charge in [-0.15, -0.1) is 0 Å². The number of amides is 6. The van der Waals surface area contributed by atoms with Gasteiger partial charge in [0.05, 0.1) is 18.7 Å². The van der Waals surface area contributed by atoms with Gasteiger partial charge in [0, 0.05) is 25.0 Å². The van der Waals surface area contributed by atoms with Gasteiger partial charge in [-0.3, -0.25) is 24.0 Å². The molecule has 2 fully saturated rings. The summed E-state index contributed by atoms with van der Waals surface area (Å²) in [5.74, 6) is -2.73. The van der Waals surface area contributed by atoms with Crippen LogP contribution < -0.4 is 31.7 Å². The normalized spacial score (nSPS) is 17.8. The molecule has 0 bridgehead atoms. The fraction of sp³-hybridized carbons (Fsp3) is 0.619. The van der Waals surface area contributed by atoms with E-state index in [0.29, 0.717) is 44.5 Å². The minimum absolute atomic E-state index is 0.0138. The van der Waals surface area contributed by atoms with Crippen molar-refractivity contribution >= 4 is 46.4 Å². The fourth-order valence-corrected chi connectivity index (χ4v) is 7.75. The Hall–Kier alpha value is -4.96. The summed E-state index contributed by atoms with van der Waals surface area (Å²) in [7, 11) is 1.47. The predicted molar refractivity (Wildman–Crippen MR) is 218 cm³/mol. The number of benzene rings is 2. The maximum atomic E-state index is 13.9. The van der Waals surface area contributed by atoms with Gasteiger partial charge in [0.1, 0.15) is 30.5 Å². The van der Waals surface area contributed by atoms with E-state index in [4.69, 9.17) is 15.2 Å². The first-order valence-electron chi connectivity index (χ1n) is 20.7. The van der Waals surface area contributed by atoms with Crippen LogP contribution in [-0.4, -0.2) is 127 Å². The minimum Gasteiger partial charge on any atom is -0.483 e. The summed E-state index contributed by atoms with van der Waals surface area (Å²) in [6.07, 6.45) is 6.02. The number of hydrogen-bond acceptors (Lipinski definition) is 10. The molecule has 1 saturated carbocycles. The second-order valence-electron chi connectivity index (χ2n) is 15.7. The highest BCUT2D eigenvalue weighted by atomic mass is 16.5. The van der Waals surface area contributed by atoms with Gasteiger partial charge in [-0.2, -0.15) is 0 Å². The van der Waals surface area contributed by atoms with Gasteiger partial charge < -0.3 is 51.4 Å². The van der Waals surface area contributed by atoms with Crippen molar-refractivity contribution in [3.8, 4) is 5.75 Å². The Labute approximate surface area is 341 Å². The van der Waals surface area contributed by atoms with E-state index in [1.165, 1.54) is 23.8 Å². The molecule has 2 aromatic carbocycles. The lowest BCUT2D eigenvalue weighted by Gasteiger charge is -2.33. The molecular formula is C42H63N7O9. The Bertz CT molecular complexity index is 1690. The van der Waals surface area contributed by atoms with Gasteiger partial charge in [-0.25, -0.2) is 4.79 Å². The number of likely N-dealkylation sites (N-methyl/N-ethyl adjacent to an activating group) is 1. The zero-order chi connectivity index (χ0) is 42.2. The Kier molecular flexibility index (Phi) is 18.0. The lowest BCUT2D eigenvalue weighted by Crippen LogP contribution is -2.58. The number of nitrogens with one attached hydrogen (secondary N) is 4. The van der Waals surface area contributed by atoms with Crippen molar-refractivity contribution in [2.75, 3.05) is 39.9 Å². The molecule has 5 atom stereocenters. The molecule has 16 heteroatoms. The maximum Gasteiger partial charge on any atom is 0.407 e. The summed E-state index contributed by atoms with van der Waals surface area (Å²) in [4.78, 5) is 82.6. The molecule has 0 radical (unpaired) electrons. The summed E-state index contributed by atoms with van der Waals surface area (Å²) in [6, 6.07) is 9.53. The molecule has 16 nitrogen and oxygen atoms in total. The molecule has 6 amide bonds. The van der Waals surface area contributed by atoms with Crippen molar-refractivity contribution in [2.24, 2.45) is 11.7 Å². The third kappa shape index (κ3) is 13.3. The van der Waals surface area contributed by atoms with Gasteiger partial charge in [-0.1, -0.05) is 69.5 Å². The van der Waals surface area contributed by atoms with E-state index in [1.807, 2.05) is 36.4 Å². The fourth-order valence-electron chi connectivity index (χ4n) is 7.75. The molecule has 1 aliphatic carbocycles. The molecule has 1 saturated heterocycles. The first-order chi connectivity index (χ1) is 27.8. The first kappa shape index (κ1) is 45.7. The third-order valence-electron chi connectivity index (χ3n) is 10.8. The van der Waals surface area contributed by atoms with Crippen molar-refractivity contribution in [1.82, 2.24) is 31.1 Å². The van der Waals surface area contributed by atoms with Crippen LogP contribution in [0.5, 0.6) is 5.75 Å². The largest absolute Gasteiger partial charge is 0.483 e. The van der Waals surface area contributed by atoms with Crippen LogP contribution in [0, 0.1) is 5.92 Å². The average molecular weight is 810 g/mol. The van der Waals surface area contributed by atoms with Gasteiger partial charge in [0.2, 0.25) is 23.6 Å². The van der Waals surface area contributed by atoms with Crippen LogP contribution in [0.3, 0.4) is 0 Å². The van der Waals surface area contributed by atoms with E-state index in [2.05, 4.69) is 21.3 Å². The lowest BCUT2D eigenvalue weighted by molar-refractivity contribution is -0.144. The topological polar surface area (TPSA) is 222 Å². The summed E-state index contributed by atoms with van der Waals surface area (Å²) in [5.41, 5.74) is 5.70. The molecule has 2 aromatic rings. The quantitative estimate of drug-likeness (QED) is 0.107. The smallest absolute Gasteiger partial charge is 0.407 e. The molecular weight excluding hydrogens is 747 g/mol. The van der Waals surface area contributed by atoms with E-state index < -0.39 is 78.4 Å². The highest BCUT2D eigenvalue weighted by molar-refractivity contribution is 5.95. The molecule has 58 heavy (non-hydrogen) atoms. The SMILES string of the molecule is CC(C)[C@@H](C(=O)NCC(=O)N[C@H](C(=O)N1CCC[C@H]1COC(=O)NC1CCCCC1)[C@@H](C)O)N(C)C(=O)[C@H](CCCCN)NC(=O)COc1cccc2ccccc12. The Morgan fingerprint density at radius 2 is 1.64 bits per heavy atom. The van der Waals surface area contributed by atoms with E-state index in [1.54, 1.807) is 19.9 Å². The Morgan fingerprint density at radius 1 is 0.914 bits per heavy atom. The van der Waals surface area contributed by atoms with Crippen molar-refractivity contribution in [3.05, 3.63) is 42.5 Å². The van der Waals surface area contributed by atoms with Crippen LogP contribution >= 0.6 is 0 Å². The summed E-state index contributed by atoms with van der Waals surface area (Å²) in [6.45, 7) is 4.79. The van der Waals surface area contributed by atoms with Crippen LogP contribution in [-0.2, 0) is 28.7 Å². The Morgan fingerprint density at radius 3 is 2.34 bits per heavy atom. The highest BCUT2D eigenvalue weighted by Gasteiger charge is 2.38. The maximum absolute atomic E-state index is 13.9. The van der Waals surface area contributed by atoms with Gasteiger partial charge >= 0.3 is 6.09 Å². The van der Waals surface area contributed by atoms with E-state index in [0.717, 1.165) is 42.9 Å². The van der Waals surface area contributed by atoms with E-state index in [-0.39, 0.29) is 25.7 Å². The molecule has 0 aromatic heterocycles. The van der Waals surface area contributed by atoms with Gasteiger partial charge in [0.15, 0.2) is 6.61 Å². The lowest BCUT2D eigenvalue weighted by atomic mass is 9.96. The number of nitrogens with two attached hydrogens (primary N) is 1. The van der Waals surface area contributed by atoms with Gasteiger partial charge in [0.25, 0.3) is 5.91 Å². The first-order valence-corrected chi connectivity index (χ1v) is 20.7. The van der Waals surface area contributed by atoms with Crippen molar-refractivity contribution in [3.63, 3.8) is 0 Å². The summed E-state index contributed by atoms with van der Waals surface area (Å²) >= 11 is 0. The number of likely N-dealkylation sites (tertiary alicyclic amines) is 1. The number of aliphatic hydroxyl groups is 1. The second-order valence-corrected chi connectivity index (χ2v) is 15.7. The molecule has 1 aliphatic heterocycles.